The van der Waals surface area contributed by atoms with Crippen LogP contribution < -0.4 is 10.1 Å². The minimum absolute atomic E-state index is 0.00641. The highest BCUT2D eigenvalue weighted by Crippen LogP contribution is 2.11. The predicted octanol–water partition coefficient (Wildman–Crippen LogP) is 0.633. The highest BCUT2D eigenvalue weighted by molar-refractivity contribution is 5.77. The van der Waals surface area contributed by atoms with Gasteiger partial charge in [-0.1, -0.05) is 6.07 Å². The summed E-state index contributed by atoms with van der Waals surface area (Å²) >= 11 is 0. The van der Waals surface area contributed by atoms with Crippen molar-refractivity contribution >= 4 is 5.91 Å². The van der Waals surface area contributed by atoms with Crippen LogP contribution in [0.4, 0.5) is 4.39 Å². The fraction of sp³-hybridized carbons (Fsp3) is 0.500. The summed E-state index contributed by atoms with van der Waals surface area (Å²) in [5, 5.41) is 11.7. The largest absolute Gasteiger partial charge is 0.492 e. The molecule has 2 N–H and O–H groups in total. The summed E-state index contributed by atoms with van der Waals surface area (Å²) in [6, 6.07) is 5.78. The monoisotopic (exact) mass is 284 g/mol. The average molecular weight is 284 g/mol. The van der Waals surface area contributed by atoms with Crippen LogP contribution in [0.5, 0.6) is 5.75 Å². The molecule has 0 fully saturated rings. The molecular formula is C14H21FN2O3. The summed E-state index contributed by atoms with van der Waals surface area (Å²) in [7, 11) is 1.77. The van der Waals surface area contributed by atoms with Crippen LogP contribution in [0.15, 0.2) is 24.3 Å². The molecular weight excluding hydrogens is 263 g/mol. The van der Waals surface area contributed by atoms with Crippen molar-refractivity contribution in [1.29, 1.82) is 0 Å². The smallest absolute Gasteiger partial charge is 0.234 e. The third-order valence-corrected chi connectivity index (χ3v) is 2.90. The van der Waals surface area contributed by atoms with Gasteiger partial charge in [0.2, 0.25) is 5.91 Å². The second-order valence-corrected chi connectivity index (χ2v) is 4.60. The molecule has 1 unspecified atom stereocenters. The van der Waals surface area contributed by atoms with E-state index < -0.39 is 0 Å². The van der Waals surface area contributed by atoms with Gasteiger partial charge in [-0.15, -0.1) is 0 Å². The summed E-state index contributed by atoms with van der Waals surface area (Å²) < 4.78 is 18.2. The molecule has 0 aromatic heterocycles. The number of hydrogen-bond acceptors (Lipinski definition) is 4. The van der Waals surface area contributed by atoms with Gasteiger partial charge in [0.25, 0.3) is 0 Å². The number of amides is 1. The fourth-order valence-electron chi connectivity index (χ4n) is 1.49. The molecule has 0 saturated heterocycles. The minimum Gasteiger partial charge on any atom is -0.492 e. The van der Waals surface area contributed by atoms with Gasteiger partial charge in [-0.2, -0.15) is 0 Å². The van der Waals surface area contributed by atoms with Crippen LogP contribution in [0.3, 0.4) is 0 Å². The zero-order chi connectivity index (χ0) is 15.0. The number of carbonyl (C=O) groups excluding carboxylic acids is 1. The Kier molecular flexibility index (Phi) is 6.97. The molecule has 5 nitrogen and oxygen atoms in total. The Morgan fingerprint density at radius 1 is 1.55 bits per heavy atom. The summed E-state index contributed by atoms with van der Waals surface area (Å²) in [5.74, 6) is -0.0629. The number of hydrogen-bond donors (Lipinski definition) is 2. The van der Waals surface area contributed by atoms with E-state index in [0.29, 0.717) is 12.3 Å². The number of carbonyl (C=O) groups is 1. The number of halogens is 1. The van der Waals surface area contributed by atoms with Gasteiger partial charge in [-0.05, 0) is 26.1 Å². The van der Waals surface area contributed by atoms with Gasteiger partial charge in [-0.3, -0.25) is 9.69 Å². The quantitative estimate of drug-likeness (QED) is 0.688. The van der Waals surface area contributed by atoms with Crippen LogP contribution >= 0.6 is 0 Å². The Hall–Kier alpha value is -1.66. The average Bonchev–Trinajstić information content (AvgIpc) is 2.42. The Labute approximate surface area is 118 Å². The van der Waals surface area contributed by atoms with Gasteiger partial charge in [0.15, 0.2) is 0 Å². The highest BCUT2D eigenvalue weighted by atomic mass is 19.1. The highest BCUT2D eigenvalue weighted by Gasteiger charge is 2.11. The van der Waals surface area contributed by atoms with Crippen molar-refractivity contribution in [1.82, 2.24) is 10.2 Å². The van der Waals surface area contributed by atoms with Crippen molar-refractivity contribution in [2.45, 2.75) is 13.0 Å². The SMILES string of the molecule is CC(CO)N(C)CC(=O)NCCOc1cccc(F)c1. The molecule has 1 aromatic carbocycles. The van der Waals surface area contributed by atoms with E-state index in [2.05, 4.69) is 5.32 Å². The standard InChI is InChI=1S/C14H21FN2O3/c1-11(10-18)17(2)9-14(19)16-6-7-20-13-5-3-4-12(15)8-13/h3-5,8,11,18H,6-7,9-10H2,1-2H3,(H,16,19). The maximum atomic E-state index is 12.9. The number of benzene rings is 1. The molecule has 0 aliphatic carbocycles. The van der Waals surface area contributed by atoms with E-state index in [1.165, 1.54) is 12.1 Å². The second-order valence-electron chi connectivity index (χ2n) is 4.60. The Bertz CT molecular complexity index is 429. The lowest BCUT2D eigenvalue weighted by molar-refractivity contribution is -0.122. The minimum atomic E-state index is -0.355. The molecule has 1 aromatic rings. The number of aliphatic hydroxyl groups is 1. The lowest BCUT2D eigenvalue weighted by atomic mass is 10.3. The van der Waals surface area contributed by atoms with E-state index in [1.54, 1.807) is 24.1 Å². The summed E-state index contributed by atoms with van der Waals surface area (Å²) in [5.41, 5.74) is 0. The van der Waals surface area contributed by atoms with Gasteiger partial charge in [0.1, 0.15) is 18.2 Å². The van der Waals surface area contributed by atoms with E-state index in [4.69, 9.17) is 9.84 Å². The van der Waals surface area contributed by atoms with E-state index in [1.807, 2.05) is 6.92 Å². The molecule has 1 amide bonds. The zero-order valence-electron chi connectivity index (χ0n) is 11.8. The van der Waals surface area contributed by atoms with Crippen LogP contribution in [-0.2, 0) is 4.79 Å². The van der Waals surface area contributed by atoms with E-state index in [0.717, 1.165) is 0 Å². The van der Waals surface area contributed by atoms with Gasteiger partial charge in [0.05, 0.1) is 19.7 Å². The van der Waals surface area contributed by atoms with Crippen molar-refractivity contribution in [3.05, 3.63) is 30.1 Å². The molecule has 0 spiro atoms. The summed E-state index contributed by atoms with van der Waals surface area (Å²) in [4.78, 5) is 13.3. The molecule has 112 valence electrons. The maximum Gasteiger partial charge on any atom is 0.234 e. The number of nitrogens with zero attached hydrogens (tertiary/aromatic N) is 1. The van der Waals surface area contributed by atoms with Gasteiger partial charge < -0.3 is 15.2 Å². The normalized spacial score (nSPS) is 12.2. The number of aliphatic hydroxyl groups excluding tert-OH is 1. The molecule has 0 aliphatic heterocycles. The third kappa shape index (κ3) is 5.99. The molecule has 0 heterocycles. The van der Waals surface area contributed by atoms with Crippen LogP contribution in [0.25, 0.3) is 0 Å². The van der Waals surface area contributed by atoms with Crippen molar-refractivity contribution in [2.75, 3.05) is 33.4 Å². The molecule has 0 radical (unpaired) electrons. The Morgan fingerprint density at radius 2 is 2.30 bits per heavy atom. The first-order chi connectivity index (χ1) is 9.52. The van der Waals surface area contributed by atoms with Gasteiger partial charge >= 0.3 is 0 Å². The Morgan fingerprint density at radius 3 is 2.95 bits per heavy atom. The molecule has 0 bridgehead atoms. The zero-order valence-corrected chi connectivity index (χ0v) is 11.8. The lowest BCUT2D eigenvalue weighted by Crippen LogP contribution is -2.41. The first-order valence-corrected chi connectivity index (χ1v) is 6.49. The van der Waals surface area contributed by atoms with E-state index in [9.17, 15) is 9.18 Å². The van der Waals surface area contributed by atoms with E-state index >= 15 is 0 Å². The van der Waals surface area contributed by atoms with Crippen molar-refractivity contribution in [2.24, 2.45) is 0 Å². The number of rotatable bonds is 8. The molecule has 1 atom stereocenters. The Balaban J connectivity index is 2.19. The topological polar surface area (TPSA) is 61.8 Å². The first-order valence-electron chi connectivity index (χ1n) is 6.49. The third-order valence-electron chi connectivity index (χ3n) is 2.90. The number of ether oxygens (including phenoxy) is 1. The predicted molar refractivity (Wildman–Crippen MR) is 74.1 cm³/mol. The van der Waals surface area contributed by atoms with E-state index in [-0.39, 0.29) is 37.5 Å². The molecule has 6 heteroatoms. The lowest BCUT2D eigenvalue weighted by Gasteiger charge is -2.21. The summed E-state index contributed by atoms with van der Waals surface area (Å²) in [6.45, 7) is 2.67. The molecule has 0 aliphatic rings. The maximum absolute atomic E-state index is 12.9. The van der Waals surface area contributed by atoms with Crippen LogP contribution in [-0.4, -0.2) is 55.3 Å². The fourth-order valence-corrected chi connectivity index (χ4v) is 1.49. The van der Waals surface area contributed by atoms with Crippen LogP contribution in [0.2, 0.25) is 0 Å². The second kappa shape index (κ2) is 8.50. The summed E-state index contributed by atoms with van der Waals surface area (Å²) in [6.07, 6.45) is 0. The molecule has 20 heavy (non-hydrogen) atoms. The van der Waals surface area contributed by atoms with Gasteiger partial charge in [-0.25, -0.2) is 4.39 Å². The van der Waals surface area contributed by atoms with Crippen LogP contribution in [0.1, 0.15) is 6.92 Å². The van der Waals surface area contributed by atoms with Gasteiger partial charge in [0, 0.05) is 12.1 Å². The van der Waals surface area contributed by atoms with Crippen molar-refractivity contribution < 1.29 is 19.0 Å². The molecule has 0 saturated carbocycles. The van der Waals surface area contributed by atoms with Crippen LogP contribution in [0, 0.1) is 5.82 Å². The van der Waals surface area contributed by atoms with Crippen molar-refractivity contribution in [3.63, 3.8) is 0 Å². The number of likely N-dealkylation sites (N-methyl/N-ethyl adjacent to an activating group) is 1. The number of nitrogens with one attached hydrogen (secondary N) is 1. The molecule has 1 rings (SSSR count). The first kappa shape index (κ1) is 16.4. The van der Waals surface area contributed by atoms with Crippen molar-refractivity contribution in [3.8, 4) is 5.75 Å².